The van der Waals surface area contributed by atoms with Crippen LogP contribution in [0.3, 0.4) is 0 Å². The van der Waals surface area contributed by atoms with E-state index in [4.69, 9.17) is 14.2 Å². The van der Waals surface area contributed by atoms with Gasteiger partial charge in [0.25, 0.3) is 17.1 Å². The zero-order valence-electron chi connectivity index (χ0n) is 30.0. The number of ether oxygens (including phenoxy) is 3. The molecule has 21 nitrogen and oxygen atoms in total. The third-order valence-corrected chi connectivity index (χ3v) is 9.26. The van der Waals surface area contributed by atoms with Gasteiger partial charge in [0.2, 0.25) is 11.9 Å². The highest BCUT2D eigenvalue weighted by atomic mass is 32.1. The third-order valence-electron chi connectivity index (χ3n) is 8.89. The number of benzene rings is 3. The van der Waals surface area contributed by atoms with Gasteiger partial charge in [0.05, 0.1) is 14.8 Å². The van der Waals surface area contributed by atoms with Gasteiger partial charge in [-0.05, 0) is 71.8 Å². The summed E-state index contributed by atoms with van der Waals surface area (Å²) in [5, 5.41) is 37.2. The molecule has 2 aliphatic rings. The Morgan fingerprint density at radius 3 is 1.58 bits per heavy atom. The predicted octanol–water partition coefficient (Wildman–Crippen LogP) is 4.48. The summed E-state index contributed by atoms with van der Waals surface area (Å²) < 4.78 is 15.8. The molecule has 22 heteroatoms. The summed E-state index contributed by atoms with van der Waals surface area (Å²) in [6.07, 6.45) is -1.98. The number of likely N-dealkylation sites (tertiary alicyclic amines) is 2. The Morgan fingerprint density at radius 2 is 1.14 bits per heavy atom. The molecule has 0 aliphatic carbocycles. The third kappa shape index (κ3) is 11.8. The minimum atomic E-state index is -1.02. The lowest BCUT2D eigenvalue weighted by atomic mass is 10.1. The normalized spacial score (nSPS) is 17.2. The standard InChI is InChI=1S/C35H36N8O13S/c44-31(30-15-29(57)18-40(30)35(47)56-21-24-5-11-28(12-6-24)43(52)53)39-14-13-25(17-39)16-36-32(37-33(45)54-19-22-1-7-26(8-2-22)41(48)49)38-34(46)55-20-23-3-9-27(10-4-23)42(50)51/h1-12,25,29-30,57H,13-21H2,(H2,36,37,38,45,46)/t25-,29+,30+/m1/s1. The van der Waals surface area contributed by atoms with Crippen LogP contribution in [0.4, 0.5) is 31.4 Å². The smallest absolute Gasteiger partial charge is 0.414 e. The Hall–Kier alpha value is -6.84. The maximum absolute atomic E-state index is 13.7. The van der Waals surface area contributed by atoms with Crippen molar-refractivity contribution in [1.82, 2.24) is 20.4 Å². The van der Waals surface area contributed by atoms with E-state index in [0.29, 0.717) is 29.7 Å². The lowest BCUT2D eigenvalue weighted by Gasteiger charge is -2.27. The molecule has 0 unspecified atom stereocenters. The molecule has 300 valence electrons. The molecule has 3 atom stereocenters. The van der Waals surface area contributed by atoms with Crippen molar-refractivity contribution in [1.29, 1.82) is 0 Å². The lowest BCUT2D eigenvalue weighted by Crippen LogP contribution is -2.47. The van der Waals surface area contributed by atoms with Gasteiger partial charge in [-0.1, -0.05) is 0 Å². The summed E-state index contributed by atoms with van der Waals surface area (Å²) in [4.78, 5) is 90.5. The summed E-state index contributed by atoms with van der Waals surface area (Å²) in [5.41, 5.74) is 1.02. The highest BCUT2D eigenvalue weighted by Crippen LogP contribution is 2.27. The first-order valence-corrected chi connectivity index (χ1v) is 17.8. The van der Waals surface area contributed by atoms with Crippen LogP contribution in [0.1, 0.15) is 29.5 Å². The van der Waals surface area contributed by atoms with E-state index in [2.05, 4.69) is 28.3 Å². The van der Waals surface area contributed by atoms with Crippen LogP contribution in [0, 0.1) is 36.3 Å². The molecule has 3 aromatic rings. The minimum Gasteiger partial charge on any atom is -0.445 e. The number of guanidine groups is 1. The Kier molecular flexibility index (Phi) is 13.9. The average molecular weight is 809 g/mol. The molecule has 2 aliphatic heterocycles. The predicted molar refractivity (Wildman–Crippen MR) is 201 cm³/mol. The number of nitro benzene ring substituents is 3. The van der Waals surface area contributed by atoms with Crippen molar-refractivity contribution in [3.8, 4) is 0 Å². The van der Waals surface area contributed by atoms with Gasteiger partial charge in [-0.25, -0.2) is 14.4 Å². The number of hydrogen-bond acceptors (Lipinski definition) is 15. The summed E-state index contributed by atoms with van der Waals surface area (Å²) in [7, 11) is 0. The second kappa shape index (κ2) is 19.2. The number of rotatable bonds is 12. The van der Waals surface area contributed by atoms with Gasteiger partial charge >= 0.3 is 18.3 Å². The van der Waals surface area contributed by atoms with Crippen LogP contribution in [0.5, 0.6) is 0 Å². The lowest BCUT2D eigenvalue weighted by molar-refractivity contribution is -0.385. The van der Waals surface area contributed by atoms with Crippen LogP contribution in [0.15, 0.2) is 77.8 Å². The topological polar surface area (TPSA) is 268 Å². The maximum atomic E-state index is 13.7. The molecule has 0 saturated carbocycles. The number of nitrogens with zero attached hydrogens (tertiary/aromatic N) is 6. The number of nitrogens with one attached hydrogen (secondary N) is 2. The first kappa shape index (κ1) is 41.3. The fraction of sp³-hybridized carbons (Fsp3) is 0.343. The largest absolute Gasteiger partial charge is 0.445 e. The fourth-order valence-corrected chi connectivity index (χ4v) is 6.28. The van der Waals surface area contributed by atoms with Crippen LogP contribution in [-0.4, -0.2) is 92.2 Å². The highest BCUT2D eigenvalue weighted by molar-refractivity contribution is 7.81. The Balaban J connectivity index is 1.18. The number of aliphatic imine (C=N–C) groups is 1. The van der Waals surface area contributed by atoms with E-state index in [0.717, 1.165) is 0 Å². The molecule has 3 aromatic carbocycles. The second-order valence-corrected chi connectivity index (χ2v) is 13.6. The van der Waals surface area contributed by atoms with Gasteiger partial charge in [0.15, 0.2) is 0 Å². The van der Waals surface area contributed by atoms with E-state index < -0.39 is 39.1 Å². The van der Waals surface area contributed by atoms with Gasteiger partial charge in [0.1, 0.15) is 25.9 Å². The van der Waals surface area contributed by atoms with E-state index in [1.165, 1.54) is 77.7 Å². The molecule has 0 spiro atoms. The van der Waals surface area contributed by atoms with E-state index in [1.54, 1.807) is 4.90 Å². The van der Waals surface area contributed by atoms with Gasteiger partial charge in [-0.3, -0.25) is 55.7 Å². The van der Waals surface area contributed by atoms with Crippen molar-refractivity contribution in [3.63, 3.8) is 0 Å². The molecule has 0 bridgehead atoms. The Bertz CT molecular complexity index is 1940. The zero-order valence-corrected chi connectivity index (χ0v) is 30.9. The number of non-ortho nitro benzene ring substituents is 3. The quantitative estimate of drug-likeness (QED) is 0.0570. The molecular weight excluding hydrogens is 772 g/mol. The summed E-state index contributed by atoms with van der Waals surface area (Å²) >= 11 is 4.49. The number of carbonyl (C=O) groups is 4. The molecule has 0 radical (unpaired) electrons. The van der Waals surface area contributed by atoms with Crippen LogP contribution < -0.4 is 10.6 Å². The molecule has 2 fully saturated rings. The molecule has 4 amide bonds. The monoisotopic (exact) mass is 808 g/mol. The highest BCUT2D eigenvalue weighted by Gasteiger charge is 2.42. The molecule has 57 heavy (non-hydrogen) atoms. The number of alkyl carbamates (subject to hydrolysis) is 2. The van der Waals surface area contributed by atoms with Crippen molar-refractivity contribution in [3.05, 3.63) is 120 Å². The summed E-state index contributed by atoms with van der Waals surface area (Å²) in [6.45, 7) is 0.0869. The number of thiol groups is 1. The van der Waals surface area contributed by atoms with E-state index >= 15 is 0 Å². The van der Waals surface area contributed by atoms with Gasteiger partial charge in [0, 0.05) is 67.8 Å². The fourth-order valence-electron chi connectivity index (χ4n) is 5.91. The molecule has 2 saturated heterocycles. The van der Waals surface area contributed by atoms with Gasteiger partial charge in [-0.15, -0.1) is 0 Å². The van der Waals surface area contributed by atoms with Gasteiger partial charge in [-0.2, -0.15) is 12.6 Å². The number of carbonyl (C=O) groups excluding carboxylic acids is 4. The summed E-state index contributed by atoms with van der Waals surface area (Å²) in [5.74, 6) is -0.875. The first-order valence-electron chi connectivity index (χ1n) is 17.3. The molecule has 2 N–H and O–H groups in total. The van der Waals surface area contributed by atoms with Crippen molar-refractivity contribution < 1.29 is 48.2 Å². The molecule has 5 rings (SSSR count). The van der Waals surface area contributed by atoms with Crippen molar-refractivity contribution in [2.24, 2.45) is 10.9 Å². The van der Waals surface area contributed by atoms with Crippen LogP contribution >= 0.6 is 12.6 Å². The first-order chi connectivity index (χ1) is 27.2. The van der Waals surface area contributed by atoms with Crippen molar-refractivity contribution in [2.45, 2.75) is 44.0 Å². The van der Waals surface area contributed by atoms with Crippen LogP contribution in [-0.2, 0) is 38.8 Å². The zero-order chi connectivity index (χ0) is 41.1. The molecule has 2 heterocycles. The van der Waals surface area contributed by atoms with Gasteiger partial charge < -0.3 is 19.1 Å². The number of nitro groups is 3. The maximum Gasteiger partial charge on any atom is 0.414 e. The van der Waals surface area contributed by atoms with Crippen LogP contribution in [0.25, 0.3) is 0 Å². The Morgan fingerprint density at radius 1 is 0.702 bits per heavy atom. The van der Waals surface area contributed by atoms with E-state index in [-0.39, 0.29) is 86.0 Å². The SMILES string of the molecule is O=C(NC(=NC[C@H]1CCN(C(=O)[C@@H]2C[C@H](S)CN2C(=O)OCc2ccc([N+](=O)[O-])cc2)C1)NC(=O)OCc1ccc([N+](=O)[O-])cc1)OCc1ccc([N+](=O)[O-])cc1. The Labute approximate surface area is 328 Å². The summed E-state index contributed by atoms with van der Waals surface area (Å²) in [6, 6.07) is 15.3. The minimum absolute atomic E-state index is 0.0330. The molecular formula is C35H36N8O13S. The molecule has 0 aromatic heterocycles. The number of amides is 4. The van der Waals surface area contributed by atoms with Crippen molar-refractivity contribution in [2.75, 3.05) is 26.2 Å². The van der Waals surface area contributed by atoms with Crippen molar-refractivity contribution >= 4 is 59.8 Å². The van der Waals surface area contributed by atoms with E-state index in [9.17, 15) is 49.5 Å². The van der Waals surface area contributed by atoms with E-state index in [1.807, 2.05) is 0 Å². The van der Waals surface area contributed by atoms with Crippen LogP contribution in [0.2, 0.25) is 0 Å². The second-order valence-electron chi connectivity index (χ2n) is 12.9. The number of hydrogen-bond donors (Lipinski definition) is 3. The average Bonchev–Trinajstić information content (AvgIpc) is 3.84.